The number of hydrogen-bond donors (Lipinski definition) is 2. The highest BCUT2D eigenvalue weighted by molar-refractivity contribution is 5.87. The molecule has 0 aliphatic carbocycles. The Balaban J connectivity index is 0.000000187. The second-order valence-corrected chi connectivity index (χ2v) is 5.99. The van der Waals surface area contributed by atoms with Crippen LogP contribution in [-0.4, -0.2) is 22.0 Å². The lowest BCUT2D eigenvalue weighted by atomic mass is 9.88. The van der Waals surface area contributed by atoms with Gasteiger partial charge < -0.3 is 20.0 Å². The molecule has 0 bridgehead atoms. The van der Waals surface area contributed by atoms with Gasteiger partial charge >= 0.3 is 18.1 Å². The van der Waals surface area contributed by atoms with Crippen LogP contribution < -0.4 is 10.5 Å². The largest absolute Gasteiger partial charge is 0.481 e. The summed E-state index contributed by atoms with van der Waals surface area (Å²) in [7, 11) is 0. The molecule has 4 rings (SSSR count). The number of nitrogens with zero attached hydrogens (tertiary/aromatic N) is 1. The number of carbonyl (C=O) groups is 2. The van der Waals surface area contributed by atoms with E-state index in [4.69, 9.17) is 4.74 Å². The van der Waals surface area contributed by atoms with Gasteiger partial charge in [-0.2, -0.15) is 13.2 Å². The highest BCUT2D eigenvalue weighted by Crippen LogP contribution is 2.44. The summed E-state index contributed by atoms with van der Waals surface area (Å²) < 4.78 is 58.2. The van der Waals surface area contributed by atoms with E-state index in [1.807, 2.05) is 0 Å². The summed E-state index contributed by atoms with van der Waals surface area (Å²) in [4.78, 5) is 24.5. The van der Waals surface area contributed by atoms with Crippen LogP contribution in [0.2, 0.25) is 0 Å². The average Bonchev–Trinajstić information content (AvgIpc) is 3.17. The molecule has 1 atom stereocenters. The third-order valence-corrected chi connectivity index (χ3v) is 3.99. The van der Waals surface area contributed by atoms with E-state index in [2.05, 4.69) is 15.1 Å². The quantitative estimate of drug-likeness (QED) is 0.602. The Kier molecular flexibility index (Phi) is 5.45. The zero-order chi connectivity index (χ0) is 22.1. The van der Waals surface area contributed by atoms with Crippen molar-refractivity contribution < 1.29 is 41.4 Å². The third-order valence-electron chi connectivity index (χ3n) is 3.99. The molecule has 2 heterocycles. The number of para-hydroxylation sites is 1. The maximum Gasteiger partial charge on any atom is 0.436 e. The van der Waals surface area contributed by atoms with Crippen molar-refractivity contribution in [3.63, 3.8) is 0 Å². The standard InChI is InChI=1S/C14H9FO3.C5H3F3N2O2/c15-8-5-6-10-12(7-8)18-11-4-2-1-3-9(11)13(10)14(16)17;6-5(7,8)2-1-12-4(10-2)3(9)11/h1-7,13H,(H,16,17);1H,(H2,9,11). The molecule has 1 aliphatic heterocycles. The van der Waals surface area contributed by atoms with Crippen LogP contribution in [0.4, 0.5) is 17.6 Å². The number of aliphatic carboxylic acids is 1. The smallest absolute Gasteiger partial charge is 0.436 e. The van der Waals surface area contributed by atoms with Gasteiger partial charge in [0.1, 0.15) is 29.5 Å². The molecule has 0 fully saturated rings. The lowest BCUT2D eigenvalue weighted by Gasteiger charge is -2.25. The normalized spacial score (nSPS) is 14.5. The second kappa shape index (κ2) is 7.85. The van der Waals surface area contributed by atoms with Gasteiger partial charge in [-0.25, -0.2) is 9.37 Å². The van der Waals surface area contributed by atoms with Gasteiger partial charge in [-0.1, -0.05) is 24.3 Å². The number of oxazole rings is 1. The number of carboxylic acids is 1. The maximum atomic E-state index is 13.2. The van der Waals surface area contributed by atoms with Crippen molar-refractivity contribution in [3.05, 3.63) is 77.3 Å². The van der Waals surface area contributed by atoms with Gasteiger partial charge in [-0.05, 0) is 12.1 Å². The first-order valence-corrected chi connectivity index (χ1v) is 8.19. The molecular formula is C19H12F4N2O5. The fourth-order valence-corrected chi connectivity index (χ4v) is 2.72. The van der Waals surface area contributed by atoms with Crippen LogP contribution in [0.25, 0.3) is 0 Å². The van der Waals surface area contributed by atoms with Crippen molar-refractivity contribution in [1.82, 2.24) is 4.98 Å². The molecule has 1 aromatic heterocycles. The fraction of sp³-hybridized carbons (Fsp3) is 0.105. The van der Waals surface area contributed by atoms with E-state index in [0.717, 1.165) is 0 Å². The zero-order valence-corrected chi connectivity index (χ0v) is 14.8. The molecule has 2 aromatic carbocycles. The molecule has 156 valence electrons. The number of alkyl halides is 3. The SMILES string of the molecule is NC(=O)c1nc(C(F)(F)F)co1.O=C(O)C1c2ccccc2Oc2cc(F)ccc21. The predicted octanol–water partition coefficient (Wildman–Crippen LogP) is 3.94. The lowest BCUT2D eigenvalue weighted by molar-refractivity contribution is -0.141. The molecular weight excluding hydrogens is 412 g/mol. The summed E-state index contributed by atoms with van der Waals surface area (Å²) in [5.74, 6) is -3.39. The first kappa shape index (κ1) is 20.8. The van der Waals surface area contributed by atoms with E-state index >= 15 is 0 Å². The summed E-state index contributed by atoms with van der Waals surface area (Å²) in [6, 6.07) is 10.8. The number of rotatable bonds is 2. The summed E-state index contributed by atoms with van der Waals surface area (Å²) in [5.41, 5.74) is 4.40. The number of hydrogen-bond acceptors (Lipinski definition) is 5. The number of ether oxygens (including phenoxy) is 1. The molecule has 0 saturated heterocycles. The topological polar surface area (TPSA) is 116 Å². The van der Waals surface area contributed by atoms with E-state index in [9.17, 15) is 32.3 Å². The van der Waals surface area contributed by atoms with Crippen LogP contribution in [0, 0.1) is 5.82 Å². The molecule has 0 spiro atoms. The van der Waals surface area contributed by atoms with Crippen molar-refractivity contribution in [2.45, 2.75) is 12.1 Å². The van der Waals surface area contributed by atoms with Crippen LogP contribution in [0.1, 0.15) is 33.4 Å². The van der Waals surface area contributed by atoms with Gasteiger partial charge in [0, 0.05) is 17.2 Å². The average molecular weight is 424 g/mol. The minimum Gasteiger partial charge on any atom is -0.481 e. The predicted molar refractivity (Wildman–Crippen MR) is 92.4 cm³/mol. The van der Waals surface area contributed by atoms with Crippen LogP contribution >= 0.6 is 0 Å². The van der Waals surface area contributed by atoms with E-state index in [1.54, 1.807) is 24.3 Å². The molecule has 1 aliphatic rings. The Morgan fingerprint density at radius 2 is 1.73 bits per heavy atom. The minimum absolute atomic E-state index is 0.265. The molecule has 1 amide bonds. The number of benzene rings is 2. The maximum absolute atomic E-state index is 13.2. The molecule has 3 N–H and O–H groups in total. The number of aromatic nitrogens is 1. The van der Waals surface area contributed by atoms with Crippen LogP contribution in [0.5, 0.6) is 11.5 Å². The van der Waals surface area contributed by atoms with Crippen molar-refractivity contribution in [2.24, 2.45) is 5.73 Å². The molecule has 11 heteroatoms. The van der Waals surface area contributed by atoms with Crippen LogP contribution in [-0.2, 0) is 11.0 Å². The number of nitrogens with two attached hydrogens (primary N) is 1. The second-order valence-electron chi connectivity index (χ2n) is 5.99. The number of amides is 1. The summed E-state index contributed by atoms with van der Waals surface area (Å²) in [6.45, 7) is 0. The first-order valence-electron chi connectivity index (χ1n) is 8.19. The van der Waals surface area contributed by atoms with E-state index in [1.165, 1.54) is 18.2 Å². The van der Waals surface area contributed by atoms with Gasteiger partial charge in [0.2, 0.25) is 0 Å². The Hall–Kier alpha value is -3.89. The van der Waals surface area contributed by atoms with Crippen molar-refractivity contribution in [2.75, 3.05) is 0 Å². The molecule has 30 heavy (non-hydrogen) atoms. The molecule has 0 saturated carbocycles. The number of primary amides is 1. The summed E-state index contributed by atoms with van der Waals surface area (Å²) in [5, 5.41) is 9.35. The highest BCUT2D eigenvalue weighted by atomic mass is 19.4. The first-order chi connectivity index (χ1) is 14.1. The summed E-state index contributed by atoms with van der Waals surface area (Å²) >= 11 is 0. The Morgan fingerprint density at radius 3 is 2.30 bits per heavy atom. The monoisotopic (exact) mass is 424 g/mol. The van der Waals surface area contributed by atoms with Crippen molar-refractivity contribution in [3.8, 4) is 11.5 Å². The molecule has 7 nitrogen and oxygen atoms in total. The van der Waals surface area contributed by atoms with E-state index in [-0.39, 0.29) is 5.75 Å². The van der Waals surface area contributed by atoms with Gasteiger partial charge in [0.25, 0.3) is 5.89 Å². The van der Waals surface area contributed by atoms with Gasteiger partial charge in [0.05, 0.1) is 0 Å². The number of carboxylic acid groups (broad SMARTS) is 1. The Bertz CT molecular complexity index is 1110. The van der Waals surface area contributed by atoms with Gasteiger partial charge in [-0.15, -0.1) is 0 Å². The fourth-order valence-electron chi connectivity index (χ4n) is 2.72. The third kappa shape index (κ3) is 4.24. The lowest BCUT2D eigenvalue weighted by Crippen LogP contribution is -2.18. The van der Waals surface area contributed by atoms with E-state index < -0.39 is 41.4 Å². The van der Waals surface area contributed by atoms with E-state index in [0.29, 0.717) is 23.1 Å². The van der Waals surface area contributed by atoms with Gasteiger partial charge in [-0.3, -0.25) is 9.59 Å². The number of halogens is 4. The number of carbonyl (C=O) groups excluding carboxylic acids is 1. The Morgan fingerprint density at radius 1 is 1.07 bits per heavy atom. The Labute approximate surface area is 165 Å². The van der Waals surface area contributed by atoms with Crippen LogP contribution in [0.3, 0.4) is 0 Å². The minimum atomic E-state index is -4.61. The van der Waals surface area contributed by atoms with Gasteiger partial charge in [0.15, 0.2) is 5.69 Å². The van der Waals surface area contributed by atoms with Crippen molar-refractivity contribution >= 4 is 11.9 Å². The molecule has 3 aromatic rings. The number of fused-ring (bicyclic) bond motifs is 2. The van der Waals surface area contributed by atoms with Crippen LogP contribution in [0.15, 0.2) is 53.1 Å². The highest BCUT2D eigenvalue weighted by Gasteiger charge is 2.35. The zero-order valence-electron chi connectivity index (χ0n) is 14.8. The molecule has 0 radical (unpaired) electrons. The van der Waals surface area contributed by atoms with Crippen molar-refractivity contribution in [1.29, 1.82) is 0 Å². The molecule has 1 unspecified atom stereocenters. The summed E-state index contributed by atoms with van der Waals surface area (Å²) in [6.07, 6.45) is -4.28.